The number of hydrogen-bond donors (Lipinski definition) is 1. The smallest absolute Gasteiger partial charge is 0.240 e. The van der Waals surface area contributed by atoms with E-state index in [-0.39, 0.29) is 24.8 Å². The average molecular weight is 582 g/mol. The maximum absolute atomic E-state index is 13.6. The van der Waals surface area contributed by atoms with Gasteiger partial charge in [-0.25, -0.2) is 0 Å². The Balaban J connectivity index is 1.64. The average Bonchev–Trinajstić information content (AvgIpc) is 2.90. The molecule has 4 nitrogen and oxygen atoms in total. The lowest BCUT2D eigenvalue weighted by Crippen LogP contribution is -2.49. The highest BCUT2D eigenvalue weighted by molar-refractivity contribution is 6.42. The third-order valence-corrected chi connectivity index (χ3v) is 8.01. The number of nitrogens with two attached hydrogens (primary N) is 1. The zero-order chi connectivity index (χ0) is 28.3. The highest BCUT2D eigenvalue weighted by Gasteiger charge is 2.31. The van der Waals surface area contributed by atoms with Crippen LogP contribution in [0.15, 0.2) is 71.8 Å². The van der Waals surface area contributed by atoms with Crippen LogP contribution in [0.4, 0.5) is 0 Å². The van der Waals surface area contributed by atoms with Crippen molar-refractivity contribution in [2.75, 3.05) is 13.1 Å². The number of amides is 1. The summed E-state index contributed by atoms with van der Waals surface area (Å²) in [5, 5.41) is 1.47. The molecule has 1 aliphatic rings. The lowest BCUT2D eigenvalue weighted by Gasteiger charge is -2.32. The predicted octanol–water partition coefficient (Wildman–Crippen LogP) is 7.53. The first-order chi connectivity index (χ1) is 18.5. The molecule has 2 N–H and O–H groups in total. The van der Waals surface area contributed by atoms with Gasteiger partial charge in [0, 0.05) is 29.3 Å². The molecule has 1 amide bonds. The largest absolute Gasteiger partial charge is 0.332 e. The van der Waals surface area contributed by atoms with Crippen LogP contribution < -0.4 is 5.73 Å². The number of benzene rings is 3. The number of carbonyl (C=O) groups excluding carboxylic acids is 2. The summed E-state index contributed by atoms with van der Waals surface area (Å²) in [4.78, 5) is 28.8. The fourth-order valence-electron chi connectivity index (χ4n) is 4.57. The number of rotatable bonds is 6. The van der Waals surface area contributed by atoms with E-state index in [1.165, 1.54) is 5.56 Å². The van der Waals surface area contributed by atoms with E-state index in [1.54, 1.807) is 35.2 Å². The van der Waals surface area contributed by atoms with E-state index in [2.05, 4.69) is 26.0 Å². The van der Waals surface area contributed by atoms with Crippen LogP contribution in [0.25, 0.3) is 12.2 Å². The molecule has 7 heteroatoms. The van der Waals surface area contributed by atoms with Gasteiger partial charge in [-0.1, -0.05) is 91.1 Å². The quantitative estimate of drug-likeness (QED) is 0.306. The van der Waals surface area contributed by atoms with E-state index in [1.807, 2.05) is 37.3 Å². The summed E-state index contributed by atoms with van der Waals surface area (Å²) in [5.74, 6) is 0.0832. The number of carbonyl (C=O) groups is 2. The predicted molar refractivity (Wildman–Crippen MR) is 162 cm³/mol. The number of hydrogen-bond acceptors (Lipinski definition) is 3. The van der Waals surface area contributed by atoms with E-state index < -0.39 is 6.04 Å². The molecule has 202 valence electrons. The monoisotopic (exact) mass is 580 g/mol. The van der Waals surface area contributed by atoms with Crippen LogP contribution in [-0.4, -0.2) is 35.7 Å². The fourth-order valence-corrected chi connectivity index (χ4v) is 5.00. The molecule has 0 aliphatic carbocycles. The van der Waals surface area contributed by atoms with Crippen molar-refractivity contribution in [1.82, 2.24) is 4.90 Å². The van der Waals surface area contributed by atoms with Crippen LogP contribution in [0.2, 0.25) is 15.1 Å². The second-order valence-corrected chi connectivity index (χ2v) is 11.5. The summed E-state index contributed by atoms with van der Waals surface area (Å²) < 4.78 is 0. The molecule has 3 aromatic rings. The minimum atomic E-state index is -0.742. The second-order valence-electron chi connectivity index (χ2n) is 10.3. The first kappa shape index (κ1) is 29.1. The Hall–Kier alpha value is -2.89. The molecule has 0 spiro atoms. The van der Waals surface area contributed by atoms with Gasteiger partial charge in [-0.3, -0.25) is 9.59 Å². The molecule has 3 aromatic carbocycles. The van der Waals surface area contributed by atoms with Gasteiger partial charge in [0.2, 0.25) is 5.91 Å². The summed E-state index contributed by atoms with van der Waals surface area (Å²) in [6, 6.07) is 18.2. The summed E-state index contributed by atoms with van der Waals surface area (Å²) >= 11 is 18.5. The fraction of sp³-hybridized carbons (Fsp3) is 0.250. The number of Topliss-reactive ketones (excluding diaryl/α,β-unsaturated/α-hetero) is 1. The van der Waals surface area contributed by atoms with Crippen molar-refractivity contribution in [1.29, 1.82) is 0 Å². The van der Waals surface area contributed by atoms with Gasteiger partial charge in [0.25, 0.3) is 0 Å². The van der Waals surface area contributed by atoms with E-state index >= 15 is 0 Å². The minimum absolute atomic E-state index is 0.129. The van der Waals surface area contributed by atoms with E-state index in [9.17, 15) is 9.59 Å². The molecule has 1 fully saturated rings. The SMILES string of the molecule is Cc1cc(/C=C2\CN(C(=O)[C@@H](N)Cc3ccc(C(C)C)cc3)C/C(=C\c3ccc(Cl)c(Cl)c3)C2=O)ccc1Cl. The molecule has 1 aliphatic heterocycles. The van der Waals surface area contributed by atoms with Crippen molar-refractivity contribution >= 4 is 58.6 Å². The van der Waals surface area contributed by atoms with Gasteiger partial charge in [0.05, 0.1) is 16.1 Å². The zero-order valence-corrected chi connectivity index (χ0v) is 24.4. The number of ketones is 1. The highest BCUT2D eigenvalue weighted by Crippen LogP contribution is 2.27. The van der Waals surface area contributed by atoms with Crippen LogP contribution in [0.5, 0.6) is 0 Å². The molecule has 1 atom stereocenters. The maximum atomic E-state index is 13.6. The van der Waals surface area contributed by atoms with Gasteiger partial charge in [0.15, 0.2) is 5.78 Å². The van der Waals surface area contributed by atoms with E-state index in [0.29, 0.717) is 38.6 Å². The van der Waals surface area contributed by atoms with Crippen molar-refractivity contribution in [3.8, 4) is 0 Å². The van der Waals surface area contributed by atoms with Crippen molar-refractivity contribution < 1.29 is 9.59 Å². The Morgan fingerprint density at radius 2 is 1.44 bits per heavy atom. The van der Waals surface area contributed by atoms with Gasteiger partial charge in [-0.05, 0) is 77.4 Å². The molecule has 0 unspecified atom stereocenters. The van der Waals surface area contributed by atoms with Gasteiger partial charge in [0.1, 0.15) is 0 Å². The standard InChI is InChI=1S/C32H31Cl3N2O2/c1-19(2)24-8-4-21(5-9-24)16-30(36)32(39)37-17-25(13-22-6-10-27(33)20(3)12-22)31(38)26(18-37)14-23-7-11-28(34)29(35)15-23/h4-15,19,30H,16-18,36H2,1-3H3/b25-13+,26-14+/t30-/m0/s1. The van der Waals surface area contributed by atoms with Crippen LogP contribution in [0, 0.1) is 6.92 Å². The zero-order valence-electron chi connectivity index (χ0n) is 22.2. The summed E-state index contributed by atoms with van der Waals surface area (Å²) in [5.41, 5.74) is 12.1. The molecule has 0 bridgehead atoms. The minimum Gasteiger partial charge on any atom is -0.332 e. The Kier molecular flexibility index (Phi) is 9.35. The number of halogens is 3. The Morgan fingerprint density at radius 1 is 0.872 bits per heavy atom. The van der Waals surface area contributed by atoms with Crippen molar-refractivity contribution in [2.45, 2.75) is 39.2 Å². The van der Waals surface area contributed by atoms with E-state index in [0.717, 1.165) is 22.3 Å². The summed E-state index contributed by atoms with van der Waals surface area (Å²) in [7, 11) is 0. The lowest BCUT2D eigenvalue weighted by molar-refractivity contribution is -0.132. The highest BCUT2D eigenvalue weighted by atomic mass is 35.5. The Morgan fingerprint density at radius 3 is 1.97 bits per heavy atom. The molecule has 4 rings (SSSR count). The van der Waals surface area contributed by atoms with Gasteiger partial charge >= 0.3 is 0 Å². The first-order valence-electron chi connectivity index (χ1n) is 12.8. The van der Waals surface area contributed by atoms with Gasteiger partial charge in [-0.15, -0.1) is 0 Å². The Bertz CT molecular complexity index is 1390. The lowest BCUT2D eigenvalue weighted by atomic mass is 9.93. The van der Waals surface area contributed by atoms with Crippen LogP contribution >= 0.6 is 34.8 Å². The van der Waals surface area contributed by atoms with Crippen LogP contribution in [0.3, 0.4) is 0 Å². The first-order valence-corrected chi connectivity index (χ1v) is 14.0. The maximum Gasteiger partial charge on any atom is 0.240 e. The third-order valence-electron chi connectivity index (χ3n) is 6.84. The van der Waals surface area contributed by atoms with Gasteiger partial charge < -0.3 is 10.6 Å². The summed E-state index contributed by atoms with van der Waals surface area (Å²) in [6.45, 7) is 6.50. The molecular formula is C32H31Cl3N2O2. The molecule has 1 heterocycles. The molecule has 0 saturated carbocycles. The van der Waals surface area contributed by atoms with Crippen LogP contribution in [0.1, 0.15) is 47.6 Å². The number of aryl methyl sites for hydroxylation is 1. The number of nitrogens with zero attached hydrogens (tertiary/aromatic N) is 1. The van der Waals surface area contributed by atoms with Crippen molar-refractivity contribution in [3.05, 3.63) is 115 Å². The molecule has 0 aromatic heterocycles. The van der Waals surface area contributed by atoms with Crippen molar-refractivity contribution in [3.63, 3.8) is 0 Å². The number of piperidine rings is 1. The third kappa shape index (κ3) is 7.20. The normalized spacial score (nSPS) is 16.8. The van der Waals surface area contributed by atoms with Crippen LogP contribution in [-0.2, 0) is 16.0 Å². The summed E-state index contributed by atoms with van der Waals surface area (Å²) in [6.07, 6.45) is 3.97. The number of likely N-dealkylation sites (tertiary alicyclic amines) is 1. The Labute approximate surface area is 245 Å². The molecule has 1 saturated heterocycles. The molecular weight excluding hydrogens is 551 g/mol. The van der Waals surface area contributed by atoms with Crippen molar-refractivity contribution in [2.24, 2.45) is 5.73 Å². The van der Waals surface area contributed by atoms with Gasteiger partial charge in [-0.2, -0.15) is 0 Å². The molecule has 0 radical (unpaired) electrons. The topological polar surface area (TPSA) is 63.4 Å². The second kappa shape index (κ2) is 12.5. The molecule has 39 heavy (non-hydrogen) atoms. The van der Waals surface area contributed by atoms with E-state index in [4.69, 9.17) is 40.5 Å².